The fraction of sp³-hybridized carbons (Fsp3) is 0.917. The predicted octanol–water partition coefficient (Wildman–Crippen LogP) is -0.260. The van der Waals surface area contributed by atoms with Crippen LogP contribution in [0.3, 0.4) is 0 Å². The van der Waals surface area contributed by atoms with Gasteiger partial charge in [0.05, 0.1) is 13.2 Å². The summed E-state index contributed by atoms with van der Waals surface area (Å²) >= 11 is 0. The Bertz CT molecular complexity index is 258. The molecular weight excluding hydrogens is 220 g/mol. The molecule has 0 saturated carbocycles. The zero-order chi connectivity index (χ0) is 12.1. The van der Waals surface area contributed by atoms with E-state index in [0.717, 1.165) is 25.9 Å². The molecule has 0 radical (unpaired) electrons. The Labute approximate surface area is 102 Å². The zero-order valence-corrected chi connectivity index (χ0v) is 10.3. The van der Waals surface area contributed by atoms with E-state index in [0.29, 0.717) is 32.7 Å². The van der Waals surface area contributed by atoms with Gasteiger partial charge in [0.2, 0.25) is 5.91 Å². The molecule has 2 heterocycles. The minimum atomic E-state index is -0.776. The van der Waals surface area contributed by atoms with Gasteiger partial charge >= 0.3 is 0 Å². The number of hydrogen-bond acceptors (Lipinski definition) is 4. The van der Waals surface area contributed by atoms with E-state index in [2.05, 4.69) is 5.32 Å². The predicted molar refractivity (Wildman–Crippen MR) is 63.7 cm³/mol. The monoisotopic (exact) mass is 242 g/mol. The van der Waals surface area contributed by atoms with Crippen LogP contribution in [0.1, 0.15) is 25.7 Å². The molecule has 0 aromatic heterocycles. The molecule has 98 valence electrons. The van der Waals surface area contributed by atoms with Crippen molar-refractivity contribution in [3.63, 3.8) is 0 Å². The largest absolute Gasteiger partial charge is 0.386 e. The molecule has 0 bridgehead atoms. The van der Waals surface area contributed by atoms with E-state index in [1.165, 1.54) is 6.42 Å². The number of amides is 1. The third-order valence-corrected chi connectivity index (χ3v) is 3.52. The summed E-state index contributed by atoms with van der Waals surface area (Å²) in [6.07, 6.45) is 4.11. The van der Waals surface area contributed by atoms with Crippen LogP contribution in [0, 0.1) is 0 Å². The first kappa shape index (κ1) is 12.8. The summed E-state index contributed by atoms with van der Waals surface area (Å²) in [5.41, 5.74) is -0.776. The smallest absolute Gasteiger partial charge is 0.236 e. The molecule has 0 aromatic carbocycles. The number of likely N-dealkylation sites (tertiary alicyclic amines) is 1. The summed E-state index contributed by atoms with van der Waals surface area (Å²) in [5, 5.41) is 13.0. The molecule has 1 amide bonds. The number of carbonyl (C=O) groups is 1. The van der Waals surface area contributed by atoms with E-state index in [1.807, 2.05) is 4.90 Å². The Balaban J connectivity index is 1.65. The summed E-state index contributed by atoms with van der Waals surface area (Å²) in [4.78, 5) is 13.7. The quantitative estimate of drug-likeness (QED) is 0.713. The van der Waals surface area contributed by atoms with E-state index >= 15 is 0 Å². The van der Waals surface area contributed by atoms with Crippen molar-refractivity contribution in [2.45, 2.75) is 31.3 Å². The minimum Gasteiger partial charge on any atom is -0.386 e. The summed E-state index contributed by atoms with van der Waals surface area (Å²) in [7, 11) is 0. The molecule has 1 atom stereocenters. The van der Waals surface area contributed by atoms with Crippen molar-refractivity contribution in [3.05, 3.63) is 0 Å². The van der Waals surface area contributed by atoms with Crippen LogP contribution < -0.4 is 5.32 Å². The molecule has 0 aromatic rings. The molecule has 5 heteroatoms. The Kier molecular flexibility index (Phi) is 4.36. The van der Waals surface area contributed by atoms with Gasteiger partial charge in [-0.3, -0.25) is 4.79 Å². The summed E-state index contributed by atoms with van der Waals surface area (Å²) in [6.45, 7) is 3.51. The Morgan fingerprint density at radius 2 is 2.12 bits per heavy atom. The molecule has 2 rings (SSSR count). The molecule has 5 nitrogen and oxygen atoms in total. The molecule has 0 aliphatic carbocycles. The van der Waals surface area contributed by atoms with Crippen molar-refractivity contribution in [3.8, 4) is 0 Å². The van der Waals surface area contributed by atoms with Crippen molar-refractivity contribution in [2.75, 3.05) is 39.4 Å². The minimum absolute atomic E-state index is 0.146. The van der Waals surface area contributed by atoms with Crippen molar-refractivity contribution >= 4 is 5.91 Å². The number of piperidine rings is 1. The molecule has 1 unspecified atom stereocenters. The normalized spacial score (nSPS) is 29.6. The standard InChI is InChI=1S/C12H22N2O3/c15-11(14-5-2-1-3-6-14)8-13-9-12(16)4-7-17-10-12/h13,16H,1-10H2. The van der Waals surface area contributed by atoms with Gasteiger partial charge in [0.25, 0.3) is 0 Å². The van der Waals surface area contributed by atoms with E-state index < -0.39 is 5.60 Å². The number of nitrogens with one attached hydrogen (secondary N) is 1. The fourth-order valence-corrected chi connectivity index (χ4v) is 2.39. The third-order valence-electron chi connectivity index (χ3n) is 3.52. The van der Waals surface area contributed by atoms with Crippen LogP contribution in [0.4, 0.5) is 0 Å². The lowest BCUT2D eigenvalue weighted by Crippen LogP contribution is -2.46. The first-order chi connectivity index (χ1) is 8.20. The first-order valence-electron chi connectivity index (χ1n) is 6.48. The molecule has 2 N–H and O–H groups in total. The summed E-state index contributed by atoms with van der Waals surface area (Å²) < 4.78 is 5.15. The number of aliphatic hydroxyl groups is 1. The fourth-order valence-electron chi connectivity index (χ4n) is 2.39. The SMILES string of the molecule is O=C(CNCC1(O)CCOC1)N1CCCCC1. The summed E-state index contributed by atoms with van der Waals surface area (Å²) in [6, 6.07) is 0. The number of ether oxygens (including phenoxy) is 1. The van der Waals surface area contributed by atoms with Crippen LogP contribution in [0.5, 0.6) is 0 Å². The highest BCUT2D eigenvalue weighted by molar-refractivity contribution is 5.78. The van der Waals surface area contributed by atoms with Gasteiger partial charge in [-0.15, -0.1) is 0 Å². The van der Waals surface area contributed by atoms with Gasteiger partial charge in [-0.25, -0.2) is 0 Å². The van der Waals surface area contributed by atoms with Crippen molar-refractivity contribution in [1.29, 1.82) is 0 Å². The average molecular weight is 242 g/mol. The Morgan fingerprint density at radius 1 is 1.35 bits per heavy atom. The highest BCUT2D eigenvalue weighted by atomic mass is 16.5. The highest BCUT2D eigenvalue weighted by Crippen LogP contribution is 2.16. The van der Waals surface area contributed by atoms with Gasteiger partial charge in [-0.05, 0) is 19.3 Å². The molecule has 2 aliphatic heterocycles. The molecule has 0 spiro atoms. The van der Waals surface area contributed by atoms with Gasteiger partial charge in [0, 0.05) is 32.7 Å². The lowest BCUT2D eigenvalue weighted by Gasteiger charge is -2.27. The van der Waals surface area contributed by atoms with Gasteiger partial charge < -0.3 is 20.1 Å². The third kappa shape index (κ3) is 3.66. The zero-order valence-electron chi connectivity index (χ0n) is 10.3. The van der Waals surface area contributed by atoms with Crippen LogP contribution in [0.25, 0.3) is 0 Å². The second-order valence-electron chi connectivity index (χ2n) is 5.07. The lowest BCUT2D eigenvalue weighted by molar-refractivity contribution is -0.131. The van der Waals surface area contributed by atoms with E-state index in [4.69, 9.17) is 4.74 Å². The number of nitrogens with zero attached hydrogens (tertiary/aromatic N) is 1. The van der Waals surface area contributed by atoms with Crippen molar-refractivity contribution in [1.82, 2.24) is 10.2 Å². The van der Waals surface area contributed by atoms with Crippen LogP contribution >= 0.6 is 0 Å². The molecule has 2 aliphatic rings. The number of carbonyl (C=O) groups excluding carboxylic acids is 1. The number of hydrogen-bond donors (Lipinski definition) is 2. The van der Waals surface area contributed by atoms with Gasteiger partial charge in [-0.2, -0.15) is 0 Å². The maximum Gasteiger partial charge on any atom is 0.236 e. The maximum atomic E-state index is 11.8. The van der Waals surface area contributed by atoms with E-state index in [9.17, 15) is 9.90 Å². The Morgan fingerprint density at radius 3 is 2.76 bits per heavy atom. The lowest BCUT2D eigenvalue weighted by atomic mass is 10.0. The first-order valence-corrected chi connectivity index (χ1v) is 6.48. The second kappa shape index (κ2) is 5.80. The van der Waals surface area contributed by atoms with Crippen LogP contribution in [0.2, 0.25) is 0 Å². The van der Waals surface area contributed by atoms with Gasteiger partial charge in [0.15, 0.2) is 0 Å². The average Bonchev–Trinajstić information content (AvgIpc) is 2.77. The van der Waals surface area contributed by atoms with Gasteiger partial charge in [-0.1, -0.05) is 0 Å². The highest BCUT2D eigenvalue weighted by Gasteiger charge is 2.31. The molecule has 17 heavy (non-hydrogen) atoms. The second-order valence-corrected chi connectivity index (χ2v) is 5.07. The number of rotatable bonds is 4. The molecule has 2 fully saturated rings. The van der Waals surface area contributed by atoms with E-state index in [1.54, 1.807) is 0 Å². The van der Waals surface area contributed by atoms with Crippen molar-refractivity contribution < 1.29 is 14.6 Å². The molecule has 2 saturated heterocycles. The van der Waals surface area contributed by atoms with E-state index in [-0.39, 0.29) is 5.91 Å². The van der Waals surface area contributed by atoms with Crippen LogP contribution in [0.15, 0.2) is 0 Å². The summed E-state index contributed by atoms with van der Waals surface area (Å²) in [5.74, 6) is 0.146. The topological polar surface area (TPSA) is 61.8 Å². The van der Waals surface area contributed by atoms with Gasteiger partial charge in [0.1, 0.15) is 5.60 Å². The molecular formula is C12H22N2O3. The van der Waals surface area contributed by atoms with Crippen molar-refractivity contribution in [2.24, 2.45) is 0 Å². The Hall–Kier alpha value is -0.650. The van der Waals surface area contributed by atoms with Crippen LogP contribution in [-0.2, 0) is 9.53 Å². The maximum absolute atomic E-state index is 11.8. The van der Waals surface area contributed by atoms with Crippen LogP contribution in [-0.4, -0.2) is 60.9 Å².